The molecular formula is C18H20N2O. The third-order valence-electron chi connectivity index (χ3n) is 3.12. The third-order valence-corrected chi connectivity index (χ3v) is 3.12. The summed E-state index contributed by atoms with van der Waals surface area (Å²) in [5.74, 6) is 0.362. The second kappa shape index (κ2) is 7.29. The first-order valence-corrected chi connectivity index (χ1v) is 7.05. The van der Waals surface area contributed by atoms with Crippen LogP contribution in [-0.2, 0) is 0 Å². The van der Waals surface area contributed by atoms with Gasteiger partial charge in [0, 0.05) is 11.9 Å². The minimum atomic E-state index is -0.240. The molecule has 0 saturated carbocycles. The number of rotatable bonds is 4. The van der Waals surface area contributed by atoms with Crippen LogP contribution < -0.4 is 10.6 Å². The van der Waals surface area contributed by atoms with Gasteiger partial charge in [0.05, 0.1) is 0 Å². The maximum Gasteiger partial charge on any atom is 0.323 e. The summed E-state index contributed by atoms with van der Waals surface area (Å²) in [5, 5.41) is 5.59. The van der Waals surface area contributed by atoms with Crippen molar-refractivity contribution in [2.45, 2.75) is 19.8 Å². The van der Waals surface area contributed by atoms with E-state index in [1.54, 1.807) is 6.20 Å². The van der Waals surface area contributed by atoms with E-state index in [2.05, 4.69) is 24.5 Å². The maximum atomic E-state index is 11.9. The summed E-state index contributed by atoms with van der Waals surface area (Å²) in [4.78, 5) is 11.9. The Hall–Kier alpha value is -2.55. The number of carbonyl (C=O) groups is 1. The second-order valence-electron chi connectivity index (χ2n) is 5.08. The molecule has 0 atom stereocenters. The van der Waals surface area contributed by atoms with Crippen molar-refractivity contribution >= 4 is 17.8 Å². The highest BCUT2D eigenvalue weighted by Crippen LogP contribution is 2.23. The molecule has 108 valence electrons. The molecule has 21 heavy (non-hydrogen) atoms. The first kappa shape index (κ1) is 14.9. The monoisotopic (exact) mass is 280 g/mol. The van der Waals surface area contributed by atoms with Crippen LogP contribution in [0, 0.1) is 0 Å². The molecule has 0 aliphatic heterocycles. The molecule has 0 bridgehead atoms. The van der Waals surface area contributed by atoms with Gasteiger partial charge in [0.15, 0.2) is 0 Å². The standard InChI is InChI=1S/C18H20N2O/c1-14(2)16-10-6-7-11-17(16)20-18(21)19-13-12-15-8-4-3-5-9-15/h3-14H,1-2H3,(H2,19,20,21)/b13-12+. The number of nitrogens with one attached hydrogen (secondary N) is 2. The number of benzene rings is 2. The quantitative estimate of drug-likeness (QED) is 0.844. The van der Waals surface area contributed by atoms with Gasteiger partial charge in [-0.1, -0.05) is 62.4 Å². The SMILES string of the molecule is CC(C)c1ccccc1NC(=O)N/C=C/c1ccccc1. The normalized spacial score (nSPS) is 10.8. The molecule has 2 rings (SSSR count). The predicted molar refractivity (Wildman–Crippen MR) is 88.2 cm³/mol. The smallest absolute Gasteiger partial charge is 0.314 e. The van der Waals surface area contributed by atoms with Crippen molar-refractivity contribution in [2.75, 3.05) is 5.32 Å². The van der Waals surface area contributed by atoms with Gasteiger partial charge in [-0.05, 0) is 29.2 Å². The van der Waals surface area contributed by atoms with Gasteiger partial charge in [-0.15, -0.1) is 0 Å². The first-order valence-electron chi connectivity index (χ1n) is 7.05. The molecule has 0 unspecified atom stereocenters. The van der Waals surface area contributed by atoms with Crippen molar-refractivity contribution in [1.82, 2.24) is 5.32 Å². The molecule has 0 fully saturated rings. The molecule has 3 heteroatoms. The largest absolute Gasteiger partial charge is 0.323 e. The lowest BCUT2D eigenvalue weighted by Crippen LogP contribution is -2.24. The zero-order valence-electron chi connectivity index (χ0n) is 12.3. The summed E-state index contributed by atoms with van der Waals surface area (Å²) in [7, 11) is 0. The van der Waals surface area contributed by atoms with Crippen LogP contribution in [0.2, 0.25) is 0 Å². The molecule has 0 aliphatic carbocycles. The number of hydrogen-bond donors (Lipinski definition) is 2. The van der Waals surface area contributed by atoms with E-state index in [9.17, 15) is 4.79 Å². The molecule has 0 aliphatic rings. The zero-order chi connectivity index (χ0) is 15.1. The number of urea groups is 1. The minimum Gasteiger partial charge on any atom is -0.314 e. The van der Waals surface area contributed by atoms with E-state index in [4.69, 9.17) is 0 Å². The van der Waals surface area contributed by atoms with Gasteiger partial charge < -0.3 is 10.6 Å². The first-order chi connectivity index (χ1) is 10.2. The maximum absolute atomic E-state index is 11.9. The summed E-state index contributed by atoms with van der Waals surface area (Å²) in [6.07, 6.45) is 3.50. The fourth-order valence-corrected chi connectivity index (χ4v) is 2.05. The van der Waals surface area contributed by atoms with Crippen LogP contribution in [0.4, 0.5) is 10.5 Å². The van der Waals surface area contributed by atoms with Crippen LogP contribution >= 0.6 is 0 Å². The predicted octanol–water partition coefficient (Wildman–Crippen LogP) is 4.60. The Morgan fingerprint density at radius 3 is 2.38 bits per heavy atom. The van der Waals surface area contributed by atoms with E-state index in [-0.39, 0.29) is 6.03 Å². The average Bonchev–Trinajstić information content (AvgIpc) is 2.48. The van der Waals surface area contributed by atoms with Crippen LogP contribution in [0.5, 0.6) is 0 Å². The van der Waals surface area contributed by atoms with Crippen LogP contribution in [0.1, 0.15) is 30.9 Å². The zero-order valence-corrected chi connectivity index (χ0v) is 12.3. The van der Waals surface area contributed by atoms with Crippen LogP contribution in [-0.4, -0.2) is 6.03 Å². The number of para-hydroxylation sites is 1. The van der Waals surface area contributed by atoms with E-state index in [0.717, 1.165) is 16.8 Å². The summed E-state index contributed by atoms with van der Waals surface area (Å²) in [6, 6.07) is 17.4. The average molecular weight is 280 g/mol. The van der Waals surface area contributed by atoms with E-state index >= 15 is 0 Å². The Balaban J connectivity index is 1.95. The van der Waals surface area contributed by atoms with Crippen molar-refractivity contribution in [3.8, 4) is 0 Å². The summed E-state index contributed by atoms with van der Waals surface area (Å²) < 4.78 is 0. The molecule has 2 aromatic rings. The topological polar surface area (TPSA) is 41.1 Å². The van der Waals surface area contributed by atoms with Gasteiger partial charge in [0.2, 0.25) is 0 Å². The van der Waals surface area contributed by atoms with Crippen LogP contribution in [0.3, 0.4) is 0 Å². The molecule has 2 amide bonds. The Kier molecular flexibility index (Phi) is 5.16. The lowest BCUT2D eigenvalue weighted by atomic mass is 10.0. The lowest BCUT2D eigenvalue weighted by Gasteiger charge is -2.13. The van der Waals surface area contributed by atoms with Crippen molar-refractivity contribution in [2.24, 2.45) is 0 Å². The van der Waals surface area contributed by atoms with E-state index in [0.29, 0.717) is 5.92 Å². The van der Waals surface area contributed by atoms with E-state index in [1.165, 1.54) is 0 Å². The summed E-state index contributed by atoms with van der Waals surface area (Å²) in [5.41, 5.74) is 3.01. The number of carbonyl (C=O) groups excluding carboxylic acids is 1. The summed E-state index contributed by atoms with van der Waals surface area (Å²) in [6.45, 7) is 4.21. The highest BCUT2D eigenvalue weighted by molar-refractivity contribution is 5.91. The molecule has 0 radical (unpaired) electrons. The molecule has 0 aromatic heterocycles. The molecule has 0 spiro atoms. The molecule has 0 heterocycles. The molecule has 2 N–H and O–H groups in total. The van der Waals surface area contributed by atoms with Crippen LogP contribution in [0.25, 0.3) is 6.08 Å². The van der Waals surface area contributed by atoms with Crippen molar-refractivity contribution in [3.63, 3.8) is 0 Å². The highest BCUT2D eigenvalue weighted by atomic mass is 16.2. The Bertz CT molecular complexity index is 618. The molecular weight excluding hydrogens is 260 g/mol. The van der Waals surface area contributed by atoms with Gasteiger partial charge in [-0.25, -0.2) is 4.79 Å². The lowest BCUT2D eigenvalue weighted by molar-refractivity contribution is 0.255. The fourth-order valence-electron chi connectivity index (χ4n) is 2.05. The van der Waals surface area contributed by atoms with Gasteiger partial charge in [-0.3, -0.25) is 0 Å². The van der Waals surface area contributed by atoms with Gasteiger partial charge in [-0.2, -0.15) is 0 Å². The van der Waals surface area contributed by atoms with E-state index in [1.807, 2.05) is 60.7 Å². The van der Waals surface area contributed by atoms with Crippen molar-refractivity contribution in [3.05, 3.63) is 71.9 Å². The van der Waals surface area contributed by atoms with Gasteiger partial charge in [0.1, 0.15) is 0 Å². The van der Waals surface area contributed by atoms with Crippen LogP contribution in [0.15, 0.2) is 60.8 Å². The fraction of sp³-hybridized carbons (Fsp3) is 0.167. The number of anilines is 1. The third kappa shape index (κ3) is 4.49. The molecule has 0 saturated heterocycles. The summed E-state index contributed by atoms with van der Waals surface area (Å²) >= 11 is 0. The van der Waals surface area contributed by atoms with E-state index < -0.39 is 0 Å². The molecule has 3 nitrogen and oxygen atoms in total. The Morgan fingerprint density at radius 2 is 1.67 bits per heavy atom. The number of amides is 2. The van der Waals surface area contributed by atoms with Crippen molar-refractivity contribution < 1.29 is 4.79 Å². The Labute approximate surface area is 125 Å². The van der Waals surface area contributed by atoms with Gasteiger partial charge in [0.25, 0.3) is 0 Å². The molecule has 2 aromatic carbocycles. The number of hydrogen-bond acceptors (Lipinski definition) is 1. The highest BCUT2D eigenvalue weighted by Gasteiger charge is 2.07. The Morgan fingerprint density at radius 1 is 1.00 bits per heavy atom. The van der Waals surface area contributed by atoms with Crippen molar-refractivity contribution in [1.29, 1.82) is 0 Å². The van der Waals surface area contributed by atoms with Gasteiger partial charge >= 0.3 is 6.03 Å². The second-order valence-corrected chi connectivity index (χ2v) is 5.08. The minimum absolute atomic E-state index is 0.240.